The number of carbonyl (C=O) groups excluding carboxylic acids is 1. The molecule has 1 amide bonds. The van der Waals surface area contributed by atoms with Gasteiger partial charge in [0.05, 0.1) is 0 Å². The van der Waals surface area contributed by atoms with Crippen molar-refractivity contribution < 1.29 is 4.79 Å². The average molecular weight is 182 g/mol. The zero-order valence-electron chi connectivity index (χ0n) is 7.85. The zero-order valence-corrected chi connectivity index (χ0v) is 7.85. The number of carbonyl (C=O) groups is 1. The first-order chi connectivity index (χ1) is 6.15. The molecule has 0 radical (unpaired) electrons. The smallest absolute Gasteiger partial charge is 0.226 e. The number of nitrogens with one attached hydrogen (secondary N) is 2. The Kier molecular flexibility index (Phi) is 3.02. The quantitative estimate of drug-likeness (QED) is 0.629. The van der Waals surface area contributed by atoms with Gasteiger partial charge in [-0.3, -0.25) is 9.89 Å². The number of amides is 1. The number of anilines is 1. The van der Waals surface area contributed by atoms with Gasteiger partial charge in [-0.25, -0.2) is 0 Å². The van der Waals surface area contributed by atoms with Gasteiger partial charge in [0.25, 0.3) is 0 Å². The van der Waals surface area contributed by atoms with Crippen LogP contribution < -0.4 is 11.1 Å². The van der Waals surface area contributed by atoms with Crippen LogP contribution in [0.15, 0.2) is 0 Å². The molecule has 1 heterocycles. The Morgan fingerprint density at radius 2 is 2.31 bits per heavy atom. The number of nitrogens with two attached hydrogens (primary N) is 1. The summed E-state index contributed by atoms with van der Waals surface area (Å²) in [6, 6.07) is 0. The molecule has 72 valence electrons. The monoisotopic (exact) mass is 182 g/mol. The van der Waals surface area contributed by atoms with Gasteiger partial charge in [0.2, 0.25) is 5.91 Å². The summed E-state index contributed by atoms with van der Waals surface area (Å²) < 4.78 is 0. The van der Waals surface area contributed by atoms with E-state index in [4.69, 9.17) is 5.73 Å². The molecular formula is C8H14N4O. The van der Waals surface area contributed by atoms with Crippen molar-refractivity contribution in [2.75, 3.05) is 11.9 Å². The van der Waals surface area contributed by atoms with E-state index in [0.29, 0.717) is 18.8 Å². The Labute approximate surface area is 76.7 Å². The van der Waals surface area contributed by atoms with Crippen molar-refractivity contribution in [3.8, 4) is 0 Å². The fraction of sp³-hybridized carbons (Fsp3) is 0.500. The first kappa shape index (κ1) is 9.73. The minimum Gasteiger partial charge on any atom is -0.330 e. The molecule has 1 aromatic heterocycles. The van der Waals surface area contributed by atoms with Crippen molar-refractivity contribution >= 4 is 11.7 Å². The fourth-order valence-electron chi connectivity index (χ4n) is 0.932. The summed E-state index contributed by atoms with van der Waals surface area (Å²) in [4.78, 5) is 11.1. The second-order valence-corrected chi connectivity index (χ2v) is 2.91. The van der Waals surface area contributed by atoms with Crippen LogP contribution in [0.1, 0.15) is 17.7 Å². The highest BCUT2D eigenvalue weighted by molar-refractivity contribution is 5.90. The first-order valence-electron chi connectivity index (χ1n) is 4.16. The van der Waals surface area contributed by atoms with Crippen LogP contribution in [0.2, 0.25) is 0 Å². The van der Waals surface area contributed by atoms with E-state index < -0.39 is 0 Å². The van der Waals surface area contributed by atoms with Crippen molar-refractivity contribution in [1.29, 1.82) is 0 Å². The second-order valence-electron chi connectivity index (χ2n) is 2.91. The molecule has 0 fully saturated rings. The number of rotatable bonds is 3. The molecule has 0 aliphatic heterocycles. The van der Waals surface area contributed by atoms with E-state index in [1.165, 1.54) is 0 Å². The molecular weight excluding hydrogens is 168 g/mol. The third-order valence-corrected chi connectivity index (χ3v) is 1.88. The lowest BCUT2D eigenvalue weighted by atomic mass is 10.3. The van der Waals surface area contributed by atoms with Gasteiger partial charge in [-0.05, 0) is 13.8 Å². The van der Waals surface area contributed by atoms with E-state index in [9.17, 15) is 4.79 Å². The predicted molar refractivity (Wildman–Crippen MR) is 50.4 cm³/mol. The predicted octanol–water partition coefficient (Wildman–Crippen LogP) is 0.314. The Bertz CT molecular complexity index is 305. The lowest BCUT2D eigenvalue weighted by molar-refractivity contribution is -0.116. The lowest BCUT2D eigenvalue weighted by Gasteiger charge is -2.00. The topological polar surface area (TPSA) is 83.8 Å². The molecule has 4 N–H and O–H groups in total. The van der Waals surface area contributed by atoms with Gasteiger partial charge in [-0.15, -0.1) is 0 Å². The Morgan fingerprint density at radius 3 is 2.77 bits per heavy atom. The van der Waals surface area contributed by atoms with Crippen LogP contribution in [-0.2, 0) is 4.79 Å². The fourth-order valence-corrected chi connectivity index (χ4v) is 0.932. The first-order valence-corrected chi connectivity index (χ1v) is 4.16. The highest BCUT2D eigenvalue weighted by atomic mass is 16.1. The molecule has 0 saturated heterocycles. The van der Waals surface area contributed by atoms with Crippen molar-refractivity contribution in [2.24, 2.45) is 5.73 Å². The van der Waals surface area contributed by atoms with Crippen LogP contribution in [0.3, 0.4) is 0 Å². The highest BCUT2D eigenvalue weighted by Crippen LogP contribution is 2.13. The molecule has 0 aliphatic carbocycles. The number of aromatic amines is 1. The minimum atomic E-state index is -0.0999. The maximum absolute atomic E-state index is 11.1. The standard InChI is InChI=1S/C8H14N4O/c1-5-6(2)11-12-8(5)10-7(13)3-4-9/h3-4,9H2,1-2H3,(H2,10,11,12,13). The van der Waals surface area contributed by atoms with Crippen molar-refractivity contribution in [3.05, 3.63) is 11.3 Å². The summed E-state index contributed by atoms with van der Waals surface area (Å²) in [6.07, 6.45) is 0.325. The average Bonchev–Trinajstić information content (AvgIpc) is 2.37. The van der Waals surface area contributed by atoms with E-state index in [1.54, 1.807) is 0 Å². The van der Waals surface area contributed by atoms with Crippen molar-refractivity contribution in [2.45, 2.75) is 20.3 Å². The zero-order chi connectivity index (χ0) is 9.84. The SMILES string of the molecule is Cc1[nH]nc(NC(=O)CCN)c1C. The van der Waals surface area contributed by atoms with Gasteiger partial charge < -0.3 is 11.1 Å². The molecule has 13 heavy (non-hydrogen) atoms. The number of nitrogens with zero attached hydrogens (tertiary/aromatic N) is 1. The van der Waals surface area contributed by atoms with Crippen LogP contribution in [0.25, 0.3) is 0 Å². The third kappa shape index (κ3) is 2.29. The van der Waals surface area contributed by atoms with E-state index in [1.807, 2.05) is 13.8 Å². The molecule has 5 nitrogen and oxygen atoms in total. The van der Waals surface area contributed by atoms with Gasteiger partial charge in [0, 0.05) is 24.2 Å². The third-order valence-electron chi connectivity index (χ3n) is 1.88. The van der Waals surface area contributed by atoms with Crippen LogP contribution in [0.4, 0.5) is 5.82 Å². The van der Waals surface area contributed by atoms with Gasteiger partial charge in [-0.1, -0.05) is 0 Å². The summed E-state index contributed by atoms with van der Waals surface area (Å²) in [7, 11) is 0. The summed E-state index contributed by atoms with van der Waals surface area (Å²) in [6.45, 7) is 4.16. The highest BCUT2D eigenvalue weighted by Gasteiger charge is 2.07. The van der Waals surface area contributed by atoms with Gasteiger partial charge >= 0.3 is 0 Å². The molecule has 0 aromatic carbocycles. The van der Waals surface area contributed by atoms with Crippen molar-refractivity contribution in [1.82, 2.24) is 10.2 Å². The lowest BCUT2D eigenvalue weighted by Crippen LogP contribution is -2.16. The number of H-pyrrole nitrogens is 1. The molecule has 0 saturated carbocycles. The van der Waals surface area contributed by atoms with E-state index >= 15 is 0 Å². The number of aromatic nitrogens is 2. The summed E-state index contributed by atoms with van der Waals surface area (Å²) in [5, 5.41) is 9.40. The largest absolute Gasteiger partial charge is 0.330 e. The van der Waals surface area contributed by atoms with Crippen LogP contribution >= 0.6 is 0 Å². The van der Waals surface area contributed by atoms with E-state index in [0.717, 1.165) is 11.3 Å². The summed E-state index contributed by atoms with van der Waals surface area (Å²) >= 11 is 0. The molecule has 0 spiro atoms. The normalized spacial score (nSPS) is 10.1. The Morgan fingerprint density at radius 1 is 1.62 bits per heavy atom. The van der Waals surface area contributed by atoms with Gasteiger partial charge in [0.15, 0.2) is 5.82 Å². The number of hydrogen-bond donors (Lipinski definition) is 3. The Balaban J connectivity index is 2.64. The van der Waals surface area contributed by atoms with E-state index in [2.05, 4.69) is 15.5 Å². The maximum atomic E-state index is 11.1. The minimum absolute atomic E-state index is 0.0999. The molecule has 0 unspecified atom stereocenters. The molecule has 0 bridgehead atoms. The molecule has 5 heteroatoms. The molecule has 1 aromatic rings. The second kappa shape index (κ2) is 4.04. The van der Waals surface area contributed by atoms with Crippen LogP contribution in [0.5, 0.6) is 0 Å². The summed E-state index contributed by atoms with van der Waals surface area (Å²) in [5.41, 5.74) is 7.16. The number of aryl methyl sites for hydroxylation is 1. The van der Waals surface area contributed by atoms with Gasteiger partial charge in [0.1, 0.15) is 0 Å². The van der Waals surface area contributed by atoms with E-state index in [-0.39, 0.29) is 5.91 Å². The molecule has 0 aliphatic rings. The van der Waals surface area contributed by atoms with Crippen LogP contribution in [0, 0.1) is 13.8 Å². The van der Waals surface area contributed by atoms with Gasteiger partial charge in [-0.2, -0.15) is 5.10 Å². The van der Waals surface area contributed by atoms with Crippen LogP contribution in [-0.4, -0.2) is 22.6 Å². The maximum Gasteiger partial charge on any atom is 0.226 e. The summed E-state index contributed by atoms with van der Waals surface area (Å²) in [5.74, 6) is 0.494. The molecule has 1 rings (SSSR count). The number of hydrogen-bond acceptors (Lipinski definition) is 3. The molecule has 0 atom stereocenters. The van der Waals surface area contributed by atoms with Crippen molar-refractivity contribution in [3.63, 3.8) is 0 Å². The Hall–Kier alpha value is -1.36.